The molecule has 0 saturated heterocycles. The third-order valence-electron chi connectivity index (χ3n) is 14.9. The molecule has 292 valence electrons. The summed E-state index contributed by atoms with van der Waals surface area (Å²) in [5, 5.41) is 31.4. The van der Waals surface area contributed by atoms with Gasteiger partial charge in [0.05, 0.1) is 54.5 Å². The van der Waals surface area contributed by atoms with E-state index >= 15 is 0 Å². The van der Waals surface area contributed by atoms with Crippen molar-refractivity contribution in [2.45, 2.75) is 110 Å². The van der Waals surface area contributed by atoms with Crippen molar-refractivity contribution >= 4 is 28.5 Å². The Kier molecular flexibility index (Phi) is 11.4. The maximum atomic E-state index is 13.7. The van der Waals surface area contributed by atoms with Crippen LogP contribution < -0.4 is 10.6 Å². The van der Waals surface area contributed by atoms with Gasteiger partial charge in [-0.15, -0.1) is 0 Å². The predicted molar refractivity (Wildman–Crippen MR) is 211 cm³/mol. The molecule has 4 unspecified atom stereocenters. The van der Waals surface area contributed by atoms with Gasteiger partial charge in [0.1, 0.15) is 0 Å². The first-order valence-corrected chi connectivity index (χ1v) is 20.5. The van der Waals surface area contributed by atoms with Crippen LogP contribution in [-0.4, -0.2) is 65.6 Å². The van der Waals surface area contributed by atoms with E-state index in [1.54, 1.807) is 0 Å². The number of pyridine rings is 1. The Balaban J connectivity index is 0.962. The lowest BCUT2D eigenvalue weighted by Gasteiger charge is -2.63. The SMILES string of the molecule is COC(=O)CC[C@@H](C)[C@H]1CCC2C3C(C[C@H](O)[C@@]21C)[C@@]1(C)CC[C@H](OCCNC(=O)c2c(C)nc4ccccc4c2NCc2ccccc2)CC1C[C@H]3O. The van der Waals surface area contributed by atoms with E-state index in [9.17, 15) is 19.8 Å². The summed E-state index contributed by atoms with van der Waals surface area (Å²) in [4.78, 5) is 30.4. The molecule has 0 bridgehead atoms. The number of anilines is 1. The molecule has 0 spiro atoms. The number of carbonyl (C=O) groups excluding carboxylic acids is 2. The number of nitrogens with one attached hydrogen (secondary N) is 2. The predicted octanol–water partition coefficient (Wildman–Crippen LogP) is 7.46. The van der Waals surface area contributed by atoms with Crippen molar-refractivity contribution in [1.29, 1.82) is 0 Å². The summed E-state index contributed by atoms with van der Waals surface area (Å²) < 4.78 is 11.4. The summed E-state index contributed by atoms with van der Waals surface area (Å²) in [6, 6.07) is 18.1. The number of aromatic nitrogens is 1. The fraction of sp³-hybridized carbons (Fsp3) is 0.622. The minimum Gasteiger partial charge on any atom is -0.469 e. The van der Waals surface area contributed by atoms with Crippen LogP contribution in [0.25, 0.3) is 10.9 Å². The topological polar surface area (TPSA) is 130 Å². The number of aryl methyl sites for hydroxylation is 1. The number of esters is 1. The number of fused-ring (bicyclic) bond motifs is 6. The number of methoxy groups -OCH3 is 1. The minimum atomic E-state index is -0.423. The zero-order valence-corrected chi connectivity index (χ0v) is 32.9. The largest absolute Gasteiger partial charge is 0.469 e. The molecule has 9 heteroatoms. The lowest BCUT2D eigenvalue weighted by atomic mass is 9.43. The number of benzene rings is 2. The van der Waals surface area contributed by atoms with E-state index in [4.69, 9.17) is 14.5 Å². The van der Waals surface area contributed by atoms with Crippen molar-refractivity contribution in [3.63, 3.8) is 0 Å². The Morgan fingerprint density at radius 1 is 0.981 bits per heavy atom. The van der Waals surface area contributed by atoms with Gasteiger partial charge in [-0.25, -0.2) is 0 Å². The summed E-state index contributed by atoms with van der Waals surface area (Å²) in [6.07, 6.45) is 6.81. The molecule has 9 nitrogen and oxygen atoms in total. The fourth-order valence-corrected chi connectivity index (χ4v) is 12.0. The van der Waals surface area contributed by atoms with E-state index in [1.165, 1.54) is 7.11 Å². The van der Waals surface area contributed by atoms with Crippen LogP contribution in [0.5, 0.6) is 0 Å². The normalized spacial score (nSPS) is 33.6. The van der Waals surface area contributed by atoms with Crippen molar-refractivity contribution in [2.24, 2.45) is 46.3 Å². The average molecular weight is 740 g/mol. The quantitative estimate of drug-likeness (QED) is 0.111. The number of carbonyl (C=O) groups is 2. The van der Waals surface area contributed by atoms with Gasteiger partial charge in [0.25, 0.3) is 5.91 Å². The van der Waals surface area contributed by atoms with Gasteiger partial charge >= 0.3 is 5.97 Å². The zero-order chi connectivity index (χ0) is 38.2. The summed E-state index contributed by atoms with van der Waals surface area (Å²) >= 11 is 0. The Labute approximate surface area is 321 Å². The van der Waals surface area contributed by atoms with Crippen LogP contribution in [0.1, 0.15) is 100 Å². The van der Waals surface area contributed by atoms with Crippen LogP contribution in [0, 0.1) is 53.3 Å². The lowest BCUT2D eigenvalue weighted by Crippen LogP contribution is -2.62. The molecule has 0 radical (unpaired) electrons. The second-order valence-corrected chi connectivity index (χ2v) is 17.5. The monoisotopic (exact) mass is 739 g/mol. The molecule has 4 N–H and O–H groups in total. The summed E-state index contributed by atoms with van der Waals surface area (Å²) in [7, 11) is 1.44. The second kappa shape index (κ2) is 15.9. The fourth-order valence-electron chi connectivity index (χ4n) is 12.0. The van der Waals surface area contributed by atoms with Crippen LogP contribution in [0.4, 0.5) is 5.69 Å². The molecular formula is C45H61N3O6. The van der Waals surface area contributed by atoms with Crippen molar-refractivity contribution in [3.05, 3.63) is 71.4 Å². The van der Waals surface area contributed by atoms with Gasteiger partial charge in [0, 0.05) is 24.9 Å². The number of ether oxygens (including phenoxy) is 2. The van der Waals surface area contributed by atoms with Crippen LogP contribution in [-0.2, 0) is 20.8 Å². The van der Waals surface area contributed by atoms with Crippen molar-refractivity contribution < 1.29 is 29.3 Å². The van der Waals surface area contributed by atoms with E-state index in [0.29, 0.717) is 55.1 Å². The van der Waals surface area contributed by atoms with E-state index in [0.717, 1.165) is 73.5 Å². The molecule has 4 aliphatic carbocycles. The smallest absolute Gasteiger partial charge is 0.305 e. The van der Waals surface area contributed by atoms with Gasteiger partial charge in [-0.1, -0.05) is 69.3 Å². The molecule has 4 fully saturated rings. The Bertz CT molecular complexity index is 1800. The van der Waals surface area contributed by atoms with Gasteiger partial charge in [0.2, 0.25) is 0 Å². The number of hydrogen-bond acceptors (Lipinski definition) is 8. The first-order chi connectivity index (χ1) is 25.9. The van der Waals surface area contributed by atoms with Gasteiger partial charge in [-0.3, -0.25) is 14.6 Å². The molecule has 0 aliphatic heterocycles. The number of hydrogen-bond donors (Lipinski definition) is 4. The lowest BCUT2D eigenvalue weighted by molar-refractivity contribution is -0.209. The molecular weight excluding hydrogens is 679 g/mol. The molecule has 1 aromatic heterocycles. The second-order valence-electron chi connectivity index (χ2n) is 17.5. The number of nitrogens with zero attached hydrogens (tertiary/aromatic N) is 1. The van der Waals surface area contributed by atoms with E-state index < -0.39 is 12.2 Å². The maximum Gasteiger partial charge on any atom is 0.305 e. The van der Waals surface area contributed by atoms with Gasteiger partial charge in [-0.2, -0.15) is 0 Å². The Hall–Kier alpha value is -3.53. The number of para-hydroxylation sites is 1. The summed E-state index contributed by atoms with van der Waals surface area (Å²) in [5.74, 6) is 1.33. The number of aliphatic hydroxyl groups is 2. The standard InChI is InChI=1S/C45H61N3O6/c1-27(15-18-39(51)53-5)33-16-17-34-41-35(25-38(50)45(33,34)4)44(3)20-19-31(23-30(44)24-37(41)49)54-22-21-46-43(52)40-28(2)48-36-14-10-9-13-32(36)42(40)47-26-29-11-7-6-8-12-29/h6-14,27,30-31,33-35,37-38,41,49-50H,15-26H2,1-5H3,(H,46,52)(H,47,48)/t27-,30?,31+,33-,34?,35?,37-,38+,41?,44+,45-/m1/s1. The van der Waals surface area contributed by atoms with E-state index in [-0.39, 0.29) is 46.6 Å². The highest BCUT2D eigenvalue weighted by atomic mass is 16.5. The van der Waals surface area contributed by atoms with Crippen LogP contribution in [0.2, 0.25) is 0 Å². The van der Waals surface area contributed by atoms with Gasteiger partial charge in [-0.05, 0) is 116 Å². The van der Waals surface area contributed by atoms with E-state index in [1.807, 2.05) is 49.4 Å². The third kappa shape index (κ3) is 7.16. The number of aliphatic hydroxyl groups excluding tert-OH is 2. The molecule has 2 aromatic carbocycles. The molecule has 7 rings (SSSR count). The number of rotatable bonds is 12. The zero-order valence-electron chi connectivity index (χ0n) is 32.9. The van der Waals surface area contributed by atoms with Crippen LogP contribution in [0.3, 0.4) is 0 Å². The van der Waals surface area contributed by atoms with Crippen molar-refractivity contribution in [1.82, 2.24) is 10.3 Å². The number of amides is 1. The van der Waals surface area contributed by atoms with Gasteiger partial charge < -0.3 is 30.3 Å². The highest BCUT2D eigenvalue weighted by molar-refractivity contribution is 6.08. The minimum absolute atomic E-state index is 0.0403. The van der Waals surface area contributed by atoms with Crippen molar-refractivity contribution in [3.8, 4) is 0 Å². The summed E-state index contributed by atoms with van der Waals surface area (Å²) in [5.41, 5.74) is 3.78. The van der Waals surface area contributed by atoms with Crippen LogP contribution >= 0.6 is 0 Å². The first-order valence-electron chi connectivity index (χ1n) is 20.5. The Morgan fingerprint density at radius 3 is 2.52 bits per heavy atom. The summed E-state index contributed by atoms with van der Waals surface area (Å²) in [6.45, 7) is 10.2. The molecule has 54 heavy (non-hydrogen) atoms. The van der Waals surface area contributed by atoms with Crippen LogP contribution in [0.15, 0.2) is 54.6 Å². The Morgan fingerprint density at radius 2 is 1.74 bits per heavy atom. The van der Waals surface area contributed by atoms with Crippen molar-refractivity contribution in [2.75, 3.05) is 25.6 Å². The van der Waals surface area contributed by atoms with Gasteiger partial charge in [0.15, 0.2) is 0 Å². The highest BCUT2D eigenvalue weighted by Gasteiger charge is 2.65. The highest BCUT2D eigenvalue weighted by Crippen LogP contribution is 2.68. The maximum absolute atomic E-state index is 13.7. The molecule has 1 heterocycles. The molecule has 4 saturated carbocycles. The third-order valence-corrected chi connectivity index (χ3v) is 14.9. The molecule has 3 aromatic rings. The molecule has 1 amide bonds. The average Bonchev–Trinajstić information content (AvgIpc) is 3.53. The molecule has 11 atom stereocenters. The van der Waals surface area contributed by atoms with E-state index in [2.05, 4.69) is 43.5 Å². The molecule has 4 aliphatic rings. The first kappa shape index (κ1) is 38.7.